The Morgan fingerprint density at radius 2 is 2.00 bits per heavy atom. The third-order valence-electron chi connectivity index (χ3n) is 3.55. The summed E-state index contributed by atoms with van der Waals surface area (Å²) in [6, 6.07) is 3.88. The average Bonchev–Trinajstić information content (AvgIpc) is 2.76. The number of carbonyl (C=O) groups excluding carboxylic acids is 1. The molecule has 2 aromatic rings. The molecule has 0 saturated carbocycles. The van der Waals surface area contributed by atoms with Gasteiger partial charge in [0, 0.05) is 24.6 Å². The van der Waals surface area contributed by atoms with Gasteiger partial charge in [0.2, 0.25) is 0 Å². The van der Waals surface area contributed by atoms with E-state index in [4.69, 9.17) is 0 Å². The summed E-state index contributed by atoms with van der Waals surface area (Å²) >= 11 is 1.13. The van der Waals surface area contributed by atoms with E-state index < -0.39 is 21.8 Å². The molecule has 0 spiro atoms. The van der Waals surface area contributed by atoms with Crippen LogP contribution in [0.5, 0.6) is 5.75 Å². The van der Waals surface area contributed by atoms with Gasteiger partial charge < -0.3 is 9.67 Å². The number of hydrogen-bond donors (Lipinski definition) is 1. The van der Waals surface area contributed by atoms with Gasteiger partial charge in [-0.05, 0) is 17.7 Å². The quantitative estimate of drug-likeness (QED) is 0.655. The lowest BCUT2D eigenvalue weighted by Gasteiger charge is -2.12. The molecule has 1 heterocycles. The maximum Gasteiger partial charge on any atom is 0.311 e. The molecule has 1 N–H and O–H groups in total. The fourth-order valence-electron chi connectivity index (χ4n) is 1.96. The van der Waals surface area contributed by atoms with Crippen LogP contribution in [0.2, 0.25) is 0 Å². The zero-order valence-corrected chi connectivity index (χ0v) is 15.1. The number of aromatic hydroxyl groups is 1. The first kappa shape index (κ1) is 18.6. The molecular formula is C17H18N2O5S. The molecular weight excluding hydrogens is 344 g/mol. The van der Waals surface area contributed by atoms with Gasteiger partial charge in [0.15, 0.2) is 11.5 Å². The predicted octanol–water partition coefficient (Wildman–Crippen LogP) is 1.29. The monoisotopic (exact) mass is 362 g/mol. The minimum absolute atomic E-state index is 0.101. The first-order chi connectivity index (χ1) is 11.5. The van der Waals surface area contributed by atoms with Crippen LogP contribution in [0.1, 0.15) is 26.3 Å². The number of aromatic nitrogens is 1. The van der Waals surface area contributed by atoms with Crippen molar-refractivity contribution in [2.24, 2.45) is 12.5 Å². The zero-order chi connectivity index (χ0) is 18.9. The second-order valence-electron chi connectivity index (χ2n) is 6.58. The van der Waals surface area contributed by atoms with E-state index in [-0.39, 0.29) is 11.3 Å². The van der Waals surface area contributed by atoms with Crippen molar-refractivity contribution >= 4 is 35.0 Å². The molecule has 0 bridgehead atoms. The zero-order valence-electron chi connectivity index (χ0n) is 14.3. The van der Waals surface area contributed by atoms with Gasteiger partial charge in [-0.1, -0.05) is 26.8 Å². The maximum absolute atomic E-state index is 12.3. The topological polar surface area (TPSA) is 102 Å². The number of benzene rings is 1. The van der Waals surface area contributed by atoms with Crippen LogP contribution < -0.4 is 14.8 Å². The van der Waals surface area contributed by atoms with Crippen LogP contribution >= 0.6 is 11.3 Å². The third kappa shape index (κ3) is 4.03. The molecule has 1 aromatic carbocycles. The number of phenols is 1. The van der Waals surface area contributed by atoms with Gasteiger partial charge in [0.05, 0.1) is 9.46 Å². The molecule has 0 atom stereocenters. The van der Waals surface area contributed by atoms with Crippen molar-refractivity contribution in [1.29, 1.82) is 0 Å². The van der Waals surface area contributed by atoms with Crippen LogP contribution in [-0.4, -0.2) is 20.4 Å². The lowest BCUT2D eigenvalue weighted by Crippen LogP contribution is -2.30. The number of ketones is 1. The van der Waals surface area contributed by atoms with Crippen molar-refractivity contribution in [3.63, 3.8) is 0 Å². The Balaban J connectivity index is 2.61. The van der Waals surface area contributed by atoms with Crippen LogP contribution in [-0.2, 0) is 11.8 Å². The molecule has 8 heteroatoms. The summed E-state index contributed by atoms with van der Waals surface area (Å²) in [4.78, 5) is 34.7. The molecule has 0 unspecified atom stereocenters. The first-order valence-electron chi connectivity index (χ1n) is 7.42. The number of phenolic OH excluding ortho intramolecular Hbond substituents is 1. The maximum atomic E-state index is 12.3. The van der Waals surface area contributed by atoms with Crippen molar-refractivity contribution in [3.8, 4) is 5.75 Å². The van der Waals surface area contributed by atoms with Gasteiger partial charge in [-0.25, -0.2) is 0 Å². The Morgan fingerprint density at radius 1 is 1.36 bits per heavy atom. The molecule has 2 rings (SSSR count). The lowest BCUT2D eigenvalue weighted by atomic mass is 9.91. The summed E-state index contributed by atoms with van der Waals surface area (Å²) in [5.41, 5.74) is -0.871. The smallest absolute Gasteiger partial charge is 0.311 e. The van der Waals surface area contributed by atoms with Gasteiger partial charge in [0.1, 0.15) is 4.66 Å². The van der Waals surface area contributed by atoms with Crippen LogP contribution in [0.3, 0.4) is 0 Å². The highest BCUT2D eigenvalue weighted by Crippen LogP contribution is 2.26. The van der Waals surface area contributed by atoms with E-state index in [2.05, 4.69) is 0 Å². The summed E-state index contributed by atoms with van der Waals surface area (Å²) in [5, 5.41) is 20.4. The number of nitro benzene ring substituents is 1. The number of nitro groups is 1. The highest BCUT2D eigenvalue weighted by Gasteiger charge is 2.19. The number of nitrogens with zero attached hydrogens (tertiary/aromatic N) is 2. The van der Waals surface area contributed by atoms with Gasteiger partial charge in [0.25, 0.3) is 5.56 Å². The van der Waals surface area contributed by atoms with Crippen molar-refractivity contribution in [2.75, 3.05) is 0 Å². The molecule has 7 nitrogen and oxygen atoms in total. The Kier molecular flexibility index (Phi) is 4.94. The average molecular weight is 362 g/mol. The van der Waals surface area contributed by atoms with Crippen LogP contribution in [0, 0.1) is 15.5 Å². The van der Waals surface area contributed by atoms with E-state index in [0.29, 0.717) is 14.8 Å². The molecule has 0 aliphatic heterocycles. The molecule has 0 aliphatic rings. The lowest BCUT2D eigenvalue weighted by molar-refractivity contribution is -0.385. The molecule has 0 aliphatic carbocycles. The van der Waals surface area contributed by atoms with Gasteiger partial charge in [-0.2, -0.15) is 0 Å². The van der Waals surface area contributed by atoms with Crippen LogP contribution in [0.25, 0.3) is 12.2 Å². The Labute approximate surface area is 147 Å². The number of rotatable bonds is 3. The minimum atomic E-state index is -0.694. The van der Waals surface area contributed by atoms with E-state index in [1.54, 1.807) is 27.8 Å². The fraction of sp³-hybridized carbons (Fsp3) is 0.294. The Bertz CT molecular complexity index is 1020. The molecule has 0 fully saturated rings. The summed E-state index contributed by atoms with van der Waals surface area (Å²) < 4.78 is 2.22. The summed E-state index contributed by atoms with van der Waals surface area (Å²) in [5.74, 6) is -0.540. The molecule has 0 amide bonds. The van der Waals surface area contributed by atoms with Gasteiger partial charge in [-0.3, -0.25) is 19.7 Å². The normalized spacial score (nSPS) is 13.3. The summed E-state index contributed by atoms with van der Waals surface area (Å²) in [7, 11) is 1.57. The second kappa shape index (κ2) is 6.64. The second-order valence-corrected chi connectivity index (χ2v) is 7.64. The van der Waals surface area contributed by atoms with Crippen molar-refractivity contribution in [3.05, 3.63) is 53.4 Å². The van der Waals surface area contributed by atoms with E-state index >= 15 is 0 Å². The minimum Gasteiger partial charge on any atom is -0.502 e. The van der Waals surface area contributed by atoms with Crippen molar-refractivity contribution < 1.29 is 14.8 Å². The van der Waals surface area contributed by atoms with E-state index in [0.717, 1.165) is 11.3 Å². The molecule has 132 valence electrons. The third-order valence-corrected chi connectivity index (χ3v) is 4.66. The summed E-state index contributed by atoms with van der Waals surface area (Å²) in [6.45, 7) is 5.38. The summed E-state index contributed by atoms with van der Waals surface area (Å²) in [6.07, 6.45) is 2.93. The number of carbonyl (C=O) groups is 1. The predicted molar refractivity (Wildman–Crippen MR) is 96.1 cm³/mol. The van der Waals surface area contributed by atoms with Gasteiger partial charge in [-0.15, -0.1) is 11.3 Å². The Hall–Kier alpha value is -2.74. The van der Waals surface area contributed by atoms with Crippen LogP contribution in [0.4, 0.5) is 5.69 Å². The standard InChI is InChI=1S/C17H18N2O5S/c1-17(2,3)14(21)9-15-18(4)16(22)13(25-15)8-10-5-6-12(20)11(7-10)19(23)24/h5-9,20H,1-4H3/b13-8+,15-9-. The Morgan fingerprint density at radius 3 is 2.56 bits per heavy atom. The molecule has 0 radical (unpaired) electrons. The van der Waals surface area contributed by atoms with Crippen molar-refractivity contribution in [2.45, 2.75) is 20.8 Å². The molecule has 1 aromatic heterocycles. The SMILES string of the molecule is Cn1c(=O)/c(=C\c2ccc(O)c([N+](=O)[O-])c2)s/c1=C\C(=O)C(C)(C)C. The number of thiazole rings is 1. The first-order valence-corrected chi connectivity index (χ1v) is 8.23. The molecule has 25 heavy (non-hydrogen) atoms. The van der Waals surface area contributed by atoms with Crippen molar-refractivity contribution in [1.82, 2.24) is 4.57 Å². The van der Waals surface area contributed by atoms with E-state index in [9.17, 15) is 24.8 Å². The fourth-order valence-corrected chi connectivity index (χ4v) is 2.99. The van der Waals surface area contributed by atoms with Crippen LogP contribution in [0.15, 0.2) is 23.0 Å². The largest absolute Gasteiger partial charge is 0.502 e. The highest BCUT2D eigenvalue weighted by atomic mass is 32.1. The van der Waals surface area contributed by atoms with E-state index in [1.807, 2.05) is 0 Å². The number of hydrogen-bond acceptors (Lipinski definition) is 6. The number of Topliss-reactive ketones (excluding diaryl/α,β-unsaturated/α-hetero) is 1. The van der Waals surface area contributed by atoms with E-state index in [1.165, 1.54) is 34.9 Å². The molecule has 0 saturated heterocycles. The van der Waals surface area contributed by atoms with Gasteiger partial charge >= 0.3 is 5.69 Å². The highest BCUT2D eigenvalue weighted by molar-refractivity contribution is 7.07.